The first kappa shape index (κ1) is 22.8. The lowest BCUT2D eigenvalue weighted by Crippen LogP contribution is -2.14. The van der Waals surface area contributed by atoms with Crippen molar-refractivity contribution in [3.05, 3.63) is 107 Å². The Balaban J connectivity index is 1.28. The van der Waals surface area contributed by atoms with Gasteiger partial charge in [0.05, 0.1) is 22.4 Å². The third-order valence-corrected chi connectivity index (χ3v) is 5.76. The smallest absolute Gasteiger partial charge is 0.411 e. The van der Waals surface area contributed by atoms with Gasteiger partial charge in [-0.2, -0.15) is 0 Å². The summed E-state index contributed by atoms with van der Waals surface area (Å²) in [5, 5.41) is 5.50. The number of para-hydroxylation sites is 2. The van der Waals surface area contributed by atoms with E-state index in [-0.39, 0.29) is 6.61 Å². The largest absolute Gasteiger partial charge is 0.444 e. The minimum absolute atomic E-state index is 0.0940. The van der Waals surface area contributed by atoms with Crippen LogP contribution in [0.1, 0.15) is 5.56 Å². The van der Waals surface area contributed by atoms with Crippen LogP contribution in [0.3, 0.4) is 0 Å². The molecule has 1 heterocycles. The Kier molecular flexibility index (Phi) is 6.57. The highest BCUT2D eigenvalue weighted by Gasteiger charge is 2.09. The van der Waals surface area contributed by atoms with E-state index < -0.39 is 6.09 Å². The molecule has 5 rings (SSSR count). The van der Waals surface area contributed by atoms with Crippen LogP contribution in [-0.4, -0.2) is 11.1 Å². The molecule has 1 aromatic heterocycles. The molecule has 35 heavy (non-hydrogen) atoms. The number of ether oxygens (including phenoxy) is 1. The molecule has 0 spiro atoms. The van der Waals surface area contributed by atoms with E-state index in [1.807, 2.05) is 72.8 Å². The Labute approximate surface area is 211 Å². The zero-order valence-corrected chi connectivity index (χ0v) is 19.9. The quantitative estimate of drug-likeness (QED) is 0.162. The van der Waals surface area contributed by atoms with E-state index in [4.69, 9.17) is 32.9 Å². The maximum Gasteiger partial charge on any atom is 0.411 e. The summed E-state index contributed by atoms with van der Waals surface area (Å²) in [6.07, 6.45) is -0.602. The first-order valence-corrected chi connectivity index (χ1v) is 11.6. The number of nitrogens with one attached hydrogen (secondary N) is 3. The van der Waals surface area contributed by atoms with Crippen molar-refractivity contribution in [3.63, 3.8) is 0 Å². The topological polar surface area (TPSA) is 75.3 Å². The number of amides is 1. The van der Waals surface area contributed by atoms with Gasteiger partial charge in [-0.25, -0.2) is 9.78 Å². The number of pyridine rings is 1. The van der Waals surface area contributed by atoms with Crippen LogP contribution in [0.2, 0.25) is 10.0 Å². The average molecular weight is 503 g/mol. The molecule has 5 aromatic rings. The van der Waals surface area contributed by atoms with Gasteiger partial charge in [0, 0.05) is 26.5 Å². The van der Waals surface area contributed by atoms with Crippen molar-refractivity contribution >= 4 is 68.2 Å². The van der Waals surface area contributed by atoms with Gasteiger partial charge >= 0.3 is 6.09 Å². The Hall–Kier alpha value is -4.00. The molecular weight excluding hydrogens is 483 g/mol. The van der Waals surface area contributed by atoms with Crippen LogP contribution >= 0.6 is 23.2 Å². The summed E-state index contributed by atoms with van der Waals surface area (Å²) in [5.41, 5.74) is 11.5. The predicted molar refractivity (Wildman–Crippen MR) is 143 cm³/mol. The Morgan fingerprint density at radius 3 is 2.09 bits per heavy atom. The van der Waals surface area contributed by atoms with Gasteiger partial charge < -0.3 is 10.2 Å². The van der Waals surface area contributed by atoms with Crippen molar-refractivity contribution < 1.29 is 9.53 Å². The van der Waals surface area contributed by atoms with E-state index in [2.05, 4.69) is 16.2 Å². The lowest BCUT2D eigenvalue weighted by molar-refractivity contribution is 0.155. The fourth-order valence-corrected chi connectivity index (χ4v) is 4.30. The van der Waals surface area contributed by atoms with Crippen LogP contribution < -0.4 is 16.2 Å². The van der Waals surface area contributed by atoms with Crippen molar-refractivity contribution in [2.45, 2.75) is 6.61 Å². The van der Waals surface area contributed by atoms with E-state index in [9.17, 15) is 4.79 Å². The highest BCUT2D eigenvalue weighted by Crippen LogP contribution is 2.30. The molecule has 0 saturated carbocycles. The zero-order valence-electron chi connectivity index (χ0n) is 18.4. The summed E-state index contributed by atoms with van der Waals surface area (Å²) >= 11 is 11.9. The summed E-state index contributed by atoms with van der Waals surface area (Å²) < 4.78 is 5.35. The van der Waals surface area contributed by atoms with Crippen LogP contribution in [-0.2, 0) is 11.3 Å². The number of anilines is 3. The number of fused-ring (bicyclic) bond motifs is 2. The van der Waals surface area contributed by atoms with Crippen LogP contribution in [0.25, 0.3) is 21.8 Å². The number of nitrogens with zero attached hydrogens (tertiary/aromatic N) is 1. The number of hydrogen-bond acceptors (Lipinski definition) is 5. The zero-order chi connectivity index (χ0) is 24.2. The van der Waals surface area contributed by atoms with E-state index >= 15 is 0 Å². The van der Waals surface area contributed by atoms with E-state index in [1.54, 1.807) is 18.2 Å². The molecule has 0 unspecified atom stereocenters. The molecule has 0 saturated heterocycles. The Morgan fingerprint density at radius 2 is 1.40 bits per heavy atom. The van der Waals surface area contributed by atoms with Gasteiger partial charge in [0.15, 0.2) is 0 Å². The maximum absolute atomic E-state index is 12.2. The van der Waals surface area contributed by atoms with Gasteiger partial charge in [-0.3, -0.25) is 10.7 Å². The monoisotopic (exact) mass is 502 g/mol. The highest BCUT2D eigenvalue weighted by atomic mass is 35.5. The van der Waals surface area contributed by atoms with Gasteiger partial charge in [0.25, 0.3) is 0 Å². The van der Waals surface area contributed by atoms with Gasteiger partial charge in [0.2, 0.25) is 0 Å². The third kappa shape index (κ3) is 5.40. The fourth-order valence-electron chi connectivity index (χ4n) is 3.78. The minimum atomic E-state index is -0.602. The molecule has 174 valence electrons. The lowest BCUT2D eigenvalue weighted by atomic mass is 10.1. The van der Waals surface area contributed by atoms with Crippen molar-refractivity contribution in [1.29, 1.82) is 0 Å². The first-order valence-electron chi connectivity index (χ1n) is 10.8. The van der Waals surface area contributed by atoms with Gasteiger partial charge in [0.1, 0.15) is 6.61 Å². The van der Waals surface area contributed by atoms with Crippen molar-refractivity contribution in [2.75, 3.05) is 16.2 Å². The molecule has 1 amide bonds. The van der Waals surface area contributed by atoms with Crippen molar-refractivity contribution in [3.8, 4) is 0 Å². The van der Waals surface area contributed by atoms with Gasteiger partial charge in [-0.1, -0.05) is 71.7 Å². The summed E-state index contributed by atoms with van der Waals surface area (Å²) in [4.78, 5) is 17.0. The maximum atomic E-state index is 12.2. The second kappa shape index (κ2) is 10.1. The molecule has 3 N–H and O–H groups in total. The molecule has 6 nitrogen and oxygen atoms in total. The second-order valence-corrected chi connectivity index (χ2v) is 8.70. The highest BCUT2D eigenvalue weighted by molar-refractivity contribution is 6.35. The number of benzene rings is 4. The minimum Gasteiger partial charge on any atom is -0.444 e. The number of aromatic nitrogens is 1. The van der Waals surface area contributed by atoms with Gasteiger partial charge in [-0.15, -0.1) is 0 Å². The summed E-state index contributed by atoms with van der Waals surface area (Å²) in [6.45, 7) is 0.0940. The molecule has 4 aromatic carbocycles. The van der Waals surface area contributed by atoms with Crippen molar-refractivity contribution in [1.82, 2.24) is 4.98 Å². The standard InChI is InChI=1S/C27H20Cl2N4O2/c28-18-13-19(29)15-21(14-18)30-27(34)35-16-17-6-5-7-20(12-17)32-33-26-22-8-1-3-10-24(22)31-25-11-4-2-9-23(25)26/h1-15,32H,16H2,(H,30,34)(H,31,33). The average Bonchev–Trinajstić information content (AvgIpc) is 2.85. The second-order valence-electron chi connectivity index (χ2n) is 7.83. The predicted octanol–water partition coefficient (Wildman–Crippen LogP) is 7.88. The molecule has 8 heteroatoms. The summed E-state index contributed by atoms with van der Waals surface area (Å²) in [7, 11) is 0. The van der Waals surface area contributed by atoms with Crippen LogP contribution in [0.15, 0.2) is 91.0 Å². The molecule has 0 aliphatic heterocycles. The third-order valence-electron chi connectivity index (χ3n) is 5.33. The first-order chi connectivity index (χ1) is 17.0. The normalized spacial score (nSPS) is 10.8. The van der Waals surface area contributed by atoms with Gasteiger partial charge in [-0.05, 0) is 48.0 Å². The fraction of sp³-hybridized carbons (Fsp3) is 0.0370. The number of carbonyl (C=O) groups excluding carboxylic acids is 1. The SMILES string of the molecule is O=C(Nc1cc(Cl)cc(Cl)c1)OCc1cccc(NNc2c3ccccc3nc3ccccc23)c1. The van der Waals surface area contributed by atoms with Crippen LogP contribution in [0, 0.1) is 0 Å². The molecular formula is C27H20Cl2N4O2. The van der Waals surface area contributed by atoms with Crippen LogP contribution in [0.4, 0.5) is 21.9 Å². The molecule has 0 aliphatic rings. The summed E-state index contributed by atoms with van der Waals surface area (Å²) in [6, 6.07) is 28.4. The van der Waals surface area contributed by atoms with E-state index in [0.29, 0.717) is 15.7 Å². The summed E-state index contributed by atoms with van der Waals surface area (Å²) in [5.74, 6) is 0. The van der Waals surface area contributed by atoms with E-state index in [1.165, 1.54) is 0 Å². The molecule has 0 radical (unpaired) electrons. The number of halogens is 2. The van der Waals surface area contributed by atoms with Crippen molar-refractivity contribution in [2.24, 2.45) is 0 Å². The number of carbonyl (C=O) groups is 1. The molecule has 0 atom stereocenters. The molecule has 0 bridgehead atoms. The van der Waals surface area contributed by atoms with E-state index in [0.717, 1.165) is 38.7 Å². The molecule has 0 aliphatic carbocycles. The Bertz CT molecular complexity index is 1470. The number of rotatable bonds is 6. The van der Waals surface area contributed by atoms with Crippen LogP contribution in [0.5, 0.6) is 0 Å². The number of hydrazine groups is 1. The molecule has 0 fully saturated rings. The number of hydrogen-bond donors (Lipinski definition) is 3. The lowest BCUT2D eigenvalue weighted by Gasteiger charge is -2.15. The Morgan fingerprint density at radius 1 is 0.743 bits per heavy atom.